The molecule has 2 fully saturated rings. The first kappa shape index (κ1) is 7.73. The van der Waals surface area contributed by atoms with Gasteiger partial charge in [-0.15, -0.1) is 0 Å². The van der Waals surface area contributed by atoms with Crippen LogP contribution < -0.4 is 10.6 Å². The van der Waals surface area contributed by atoms with Crippen LogP contribution in [-0.2, 0) is 9.59 Å². The second kappa shape index (κ2) is 2.55. The fourth-order valence-electron chi connectivity index (χ4n) is 1.95. The van der Waals surface area contributed by atoms with Gasteiger partial charge in [0.1, 0.15) is 5.54 Å². The summed E-state index contributed by atoms with van der Waals surface area (Å²) in [7, 11) is 0. The van der Waals surface area contributed by atoms with E-state index in [2.05, 4.69) is 10.6 Å². The van der Waals surface area contributed by atoms with Crippen LogP contribution in [0.1, 0.15) is 19.3 Å². The maximum Gasteiger partial charge on any atom is 0.228 e. The molecular formula is C8H12N2O2. The summed E-state index contributed by atoms with van der Waals surface area (Å²) < 4.78 is 0. The van der Waals surface area contributed by atoms with E-state index in [1.165, 1.54) is 0 Å². The molecule has 2 N–H and O–H groups in total. The summed E-state index contributed by atoms with van der Waals surface area (Å²) in [4.78, 5) is 22.4. The number of rotatable bonds is 0. The number of nitrogens with one attached hydrogen (secondary N) is 2. The second-order valence-electron chi connectivity index (χ2n) is 3.48. The Bertz CT molecular complexity index is 231. The minimum atomic E-state index is -0.498. The molecule has 66 valence electrons. The monoisotopic (exact) mass is 168 g/mol. The van der Waals surface area contributed by atoms with E-state index in [4.69, 9.17) is 0 Å². The lowest BCUT2D eigenvalue weighted by Gasteiger charge is -2.31. The van der Waals surface area contributed by atoms with Gasteiger partial charge in [-0.2, -0.15) is 0 Å². The maximum atomic E-state index is 11.5. The summed E-state index contributed by atoms with van der Waals surface area (Å²) in [6.07, 6.45) is 1.58. The molecule has 0 saturated carbocycles. The molecule has 0 aliphatic carbocycles. The van der Waals surface area contributed by atoms with Gasteiger partial charge in [-0.3, -0.25) is 9.59 Å². The number of carbonyl (C=O) groups excluding carboxylic acids is 2. The highest BCUT2D eigenvalue weighted by atomic mass is 16.2. The van der Waals surface area contributed by atoms with Crippen molar-refractivity contribution in [2.45, 2.75) is 24.8 Å². The first-order valence-electron chi connectivity index (χ1n) is 4.28. The molecule has 12 heavy (non-hydrogen) atoms. The van der Waals surface area contributed by atoms with Crippen LogP contribution >= 0.6 is 0 Å². The number of Topliss-reactive ketones (excluding diaryl/α,β-unsaturated/α-hetero) is 1. The van der Waals surface area contributed by atoms with Crippen LogP contribution in [0.15, 0.2) is 0 Å². The first-order chi connectivity index (χ1) is 5.73. The number of hydrogen-bond acceptors (Lipinski definition) is 3. The second-order valence-corrected chi connectivity index (χ2v) is 3.48. The topological polar surface area (TPSA) is 58.2 Å². The summed E-state index contributed by atoms with van der Waals surface area (Å²) in [6, 6.07) is 0. The summed E-state index contributed by atoms with van der Waals surface area (Å²) in [6.45, 7) is 1.65. The van der Waals surface area contributed by atoms with Gasteiger partial charge in [0.15, 0.2) is 5.78 Å². The average molecular weight is 168 g/mol. The summed E-state index contributed by atoms with van der Waals surface area (Å²) in [5.74, 6) is -0.0316. The van der Waals surface area contributed by atoms with E-state index in [1.807, 2.05) is 0 Å². The summed E-state index contributed by atoms with van der Waals surface area (Å²) >= 11 is 0. The third-order valence-corrected chi connectivity index (χ3v) is 2.69. The third kappa shape index (κ3) is 1.03. The zero-order chi connectivity index (χ0) is 8.60. The minimum Gasteiger partial charge on any atom is -0.343 e. The van der Waals surface area contributed by atoms with Crippen molar-refractivity contribution >= 4 is 11.7 Å². The zero-order valence-corrected chi connectivity index (χ0v) is 6.85. The molecule has 0 radical (unpaired) electrons. The molecule has 2 heterocycles. The van der Waals surface area contributed by atoms with Gasteiger partial charge in [-0.05, 0) is 25.9 Å². The number of carbonyl (C=O) groups is 2. The highest BCUT2D eigenvalue weighted by Gasteiger charge is 2.45. The lowest BCUT2D eigenvalue weighted by molar-refractivity contribution is -0.123. The Balaban J connectivity index is 2.18. The molecule has 0 aromatic carbocycles. The van der Waals surface area contributed by atoms with Gasteiger partial charge < -0.3 is 10.6 Å². The van der Waals surface area contributed by atoms with Gasteiger partial charge >= 0.3 is 0 Å². The van der Waals surface area contributed by atoms with Crippen LogP contribution in [0.2, 0.25) is 0 Å². The van der Waals surface area contributed by atoms with Gasteiger partial charge in [0.25, 0.3) is 0 Å². The molecule has 0 aromatic heterocycles. The SMILES string of the molecule is O=C1CC(=O)C2(CCNCC2)N1. The maximum absolute atomic E-state index is 11.5. The summed E-state index contributed by atoms with van der Waals surface area (Å²) in [5, 5.41) is 5.96. The molecule has 4 nitrogen and oxygen atoms in total. The number of piperidine rings is 1. The molecule has 0 bridgehead atoms. The highest BCUT2D eigenvalue weighted by molar-refractivity contribution is 6.10. The predicted octanol–water partition coefficient (Wildman–Crippen LogP) is -0.802. The molecule has 0 aromatic rings. The number of hydrogen-bond donors (Lipinski definition) is 2. The molecular weight excluding hydrogens is 156 g/mol. The van der Waals surface area contributed by atoms with Crippen molar-refractivity contribution in [1.29, 1.82) is 0 Å². The molecule has 2 rings (SSSR count). The quantitative estimate of drug-likeness (QED) is 0.465. The van der Waals surface area contributed by atoms with Crippen LogP contribution in [-0.4, -0.2) is 30.3 Å². The van der Waals surface area contributed by atoms with E-state index >= 15 is 0 Å². The van der Waals surface area contributed by atoms with E-state index < -0.39 is 5.54 Å². The van der Waals surface area contributed by atoms with Gasteiger partial charge in [-0.1, -0.05) is 0 Å². The van der Waals surface area contributed by atoms with E-state index in [-0.39, 0.29) is 18.1 Å². The Morgan fingerprint density at radius 2 is 1.83 bits per heavy atom. The Morgan fingerprint density at radius 3 is 2.33 bits per heavy atom. The normalized spacial score (nSPS) is 27.7. The van der Waals surface area contributed by atoms with Crippen molar-refractivity contribution in [3.8, 4) is 0 Å². The van der Waals surface area contributed by atoms with E-state index in [1.54, 1.807) is 0 Å². The molecule has 2 aliphatic rings. The molecule has 2 saturated heterocycles. The Kier molecular flexibility index (Phi) is 1.65. The molecule has 0 atom stereocenters. The molecule has 2 aliphatic heterocycles. The largest absolute Gasteiger partial charge is 0.343 e. The predicted molar refractivity (Wildman–Crippen MR) is 42.6 cm³/mol. The smallest absolute Gasteiger partial charge is 0.228 e. The Morgan fingerprint density at radius 1 is 1.17 bits per heavy atom. The fourth-order valence-corrected chi connectivity index (χ4v) is 1.95. The lowest BCUT2D eigenvalue weighted by atomic mass is 9.86. The van der Waals surface area contributed by atoms with E-state index in [9.17, 15) is 9.59 Å². The fraction of sp³-hybridized carbons (Fsp3) is 0.750. The van der Waals surface area contributed by atoms with Crippen LogP contribution in [0.5, 0.6) is 0 Å². The minimum absolute atomic E-state index is 0.0778. The van der Waals surface area contributed by atoms with E-state index in [0.717, 1.165) is 25.9 Å². The standard InChI is InChI=1S/C8H12N2O2/c11-6-5-7(12)10-8(6)1-3-9-4-2-8/h9H,1-5H2,(H,10,12). The third-order valence-electron chi connectivity index (χ3n) is 2.69. The van der Waals surface area contributed by atoms with Crippen LogP contribution in [0, 0.1) is 0 Å². The van der Waals surface area contributed by atoms with Gasteiger partial charge in [0, 0.05) is 0 Å². The zero-order valence-electron chi connectivity index (χ0n) is 6.85. The van der Waals surface area contributed by atoms with Gasteiger partial charge in [0.2, 0.25) is 5.91 Å². The van der Waals surface area contributed by atoms with Crippen molar-refractivity contribution in [3.05, 3.63) is 0 Å². The first-order valence-corrected chi connectivity index (χ1v) is 4.28. The van der Waals surface area contributed by atoms with Crippen LogP contribution in [0.25, 0.3) is 0 Å². The Labute approximate surface area is 70.7 Å². The van der Waals surface area contributed by atoms with Crippen molar-refractivity contribution in [2.24, 2.45) is 0 Å². The highest BCUT2D eigenvalue weighted by Crippen LogP contribution is 2.25. The van der Waals surface area contributed by atoms with Gasteiger partial charge in [-0.25, -0.2) is 0 Å². The van der Waals surface area contributed by atoms with Crippen molar-refractivity contribution in [1.82, 2.24) is 10.6 Å². The molecule has 4 heteroatoms. The molecule has 0 unspecified atom stereocenters. The van der Waals surface area contributed by atoms with Crippen molar-refractivity contribution in [3.63, 3.8) is 0 Å². The van der Waals surface area contributed by atoms with Crippen molar-refractivity contribution < 1.29 is 9.59 Å². The average Bonchev–Trinajstić information content (AvgIpc) is 2.29. The number of amides is 1. The molecule has 1 amide bonds. The van der Waals surface area contributed by atoms with Gasteiger partial charge in [0.05, 0.1) is 6.42 Å². The van der Waals surface area contributed by atoms with Crippen LogP contribution in [0.3, 0.4) is 0 Å². The number of ketones is 1. The van der Waals surface area contributed by atoms with Crippen LogP contribution in [0.4, 0.5) is 0 Å². The van der Waals surface area contributed by atoms with Crippen molar-refractivity contribution in [2.75, 3.05) is 13.1 Å². The molecule has 1 spiro atoms. The Hall–Kier alpha value is -0.900. The lowest BCUT2D eigenvalue weighted by Crippen LogP contribution is -2.53. The van der Waals surface area contributed by atoms with E-state index in [0.29, 0.717) is 0 Å². The summed E-state index contributed by atoms with van der Waals surface area (Å²) in [5.41, 5.74) is -0.498.